The number of unbranched alkanes of at least 4 members (excludes halogenated alkanes) is 2. The van der Waals surface area contributed by atoms with E-state index in [0.29, 0.717) is 25.9 Å². The Morgan fingerprint density at radius 3 is 2.31 bits per heavy atom. The molecule has 0 aliphatic rings. The zero-order valence-electron chi connectivity index (χ0n) is 10.4. The van der Waals surface area contributed by atoms with Gasteiger partial charge in [0.25, 0.3) is 0 Å². The maximum absolute atomic E-state index is 11.4. The van der Waals surface area contributed by atoms with Crippen LogP contribution in [0.1, 0.15) is 46.5 Å². The van der Waals surface area contributed by atoms with Crippen molar-refractivity contribution in [3.05, 3.63) is 0 Å². The van der Waals surface area contributed by atoms with E-state index >= 15 is 0 Å². The molecule has 0 atom stereocenters. The Morgan fingerprint density at radius 2 is 1.81 bits per heavy atom. The average Bonchev–Trinajstić information content (AvgIpc) is 2.17. The molecule has 0 saturated heterocycles. The standard InChI is InChI=1S/C11H22O4S/c1-4-15-11(12)8-6-5-7-9-16(13,14)10(2)3/h10H,4-9H2,1-3H3. The molecule has 4 nitrogen and oxygen atoms in total. The topological polar surface area (TPSA) is 60.4 Å². The lowest BCUT2D eigenvalue weighted by Gasteiger charge is -2.07. The number of esters is 1. The number of hydrogen-bond acceptors (Lipinski definition) is 4. The van der Waals surface area contributed by atoms with Gasteiger partial charge in [0, 0.05) is 6.42 Å². The van der Waals surface area contributed by atoms with E-state index in [1.807, 2.05) is 0 Å². The molecule has 0 fully saturated rings. The van der Waals surface area contributed by atoms with Crippen LogP contribution in [0.5, 0.6) is 0 Å². The highest BCUT2D eigenvalue weighted by Crippen LogP contribution is 2.07. The molecule has 0 aliphatic heterocycles. The lowest BCUT2D eigenvalue weighted by Crippen LogP contribution is -2.17. The van der Waals surface area contributed by atoms with Crippen molar-refractivity contribution in [1.82, 2.24) is 0 Å². The summed E-state index contributed by atoms with van der Waals surface area (Å²) in [6.07, 6.45) is 2.46. The van der Waals surface area contributed by atoms with Crippen LogP contribution in [0.3, 0.4) is 0 Å². The SMILES string of the molecule is CCOC(=O)CCCCCS(=O)(=O)C(C)C. The molecule has 96 valence electrons. The second kappa shape index (κ2) is 7.65. The smallest absolute Gasteiger partial charge is 0.305 e. The van der Waals surface area contributed by atoms with Crippen LogP contribution in [0.2, 0.25) is 0 Å². The highest BCUT2D eigenvalue weighted by molar-refractivity contribution is 7.91. The molecule has 0 amide bonds. The van der Waals surface area contributed by atoms with Gasteiger partial charge in [0.2, 0.25) is 0 Å². The molecule has 0 aliphatic carbocycles. The maximum Gasteiger partial charge on any atom is 0.305 e. The van der Waals surface area contributed by atoms with Gasteiger partial charge in [-0.25, -0.2) is 8.42 Å². The lowest BCUT2D eigenvalue weighted by molar-refractivity contribution is -0.143. The van der Waals surface area contributed by atoms with Crippen LogP contribution in [0.4, 0.5) is 0 Å². The zero-order valence-corrected chi connectivity index (χ0v) is 11.2. The highest BCUT2D eigenvalue weighted by atomic mass is 32.2. The van der Waals surface area contributed by atoms with Crippen LogP contribution in [0.25, 0.3) is 0 Å². The van der Waals surface area contributed by atoms with E-state index in [4.69, 9.17) is 4.74 Å². The Hall–Kier alpha value is -0.580. The number of ether oxygens (including phenoxy) is 1. The van der Waals surface area contributed by atoms with Crippen molar-refractivity contribution < 1.29 is 17.9 Å². The van der Waals surface area contributed by atoms with Crippen molar-refractivity contribution in [2.75, 3.05) is 12.4 Å². The Balaban J connectivity index is 3.59. The van der Waals surface area contributed by atoms with Gasteiger partial charge in [-0.15, -0.1) is 0 Å². The molecule has 16 heavy (non-hydrogen) atoms. The minimum absolute atomic E-state index is 0.200. The Bertz CT molecular complexity index is 293. The molecule has 0 heterocycles. The second-order valence-electron chi connectivity index (χ2n) is 4.03. The van der Waals surface area contributed by atoms with E-state index in [-0.39, 0.29) is 17.0 Å². The number of carbonyl (C=O) groups is 1. The molecule has 0 bridgehead atoms. The molecule has 0 aromatic heterocycles. The normalized spacial score (nSPS) is 11.8. The van der Waals surface area contributed by atoms with Gasteiger partial charge in [0.05, 0.1) is 17.6 Å². The molecular formula is C11H22O4S. The quantitative estimate of drug-likeness (QED) is 0.488. The fourth-order valence-corrected chi connectivity index (χ4v) is 2.30. The van der Waals surface area contributed by atoms with E-state index in [2.05, 4.69) is 0 Å². The van der Waals surface area contributed by atoms with E-state index < -0.39 is 9.84 Å². The van der Waals surface area contributed by atoms with Gasteiger partial charge in [-0.2, -0.15) is 0 Å². The fraction of sp³-hybridized carbons (Fsp3) is 0.909. The number of hydrogen-bond donors (Lipinski definition) is 0. The molecule has 0 aromatic carbocycles. The largest absolute Gasteiger partial charge is 0.466 e. The summed E-state index contributed by atoms with van der Waals surface area (Å²) >= 11 is 0. The first-order valence-corrected chi connectivity index (χ1v) is 7.49. The van der Waals surface area contributed by atoms with E-state index in [1.54, 1.807) is 20.8 Å². The van der Waals surface area contributed by atoms with Gasteiger partial charge < -0.3 is 4.74 Å². The van der Waals surface area contributed by atoms with Crippen LogP contribution in [-0.2, 0) is 19.4 Å². The first-order valence-electron chi connectivity index (χ1n) is 5.77. The van der Waals surface area contributed by atoms with Crippen LogP contribution in [0, 0.1) is 0 Å². The highest BCUT2D eigenvalue weighted by Gasteiger charge is 2.14. The summed E-state index contributed by atoms with van der Waals surface area (Å²) in [6.45, 7) is 5.55. The van der Waals surface area contributed by atoms with Gasteiger partial charge in [-0.1, -0.05) is 6.42 Å². The summed E-state index contributed by atoms with van der Waals surface area (Å²) in [5.74, 6) is 0.0160. The summed E-state index contributed by atoms with van der Waals surface area (Å²) < 4.78 is 27.6. The Morgan fingerprint density at radius 1 is 1.19 bits per heavy atom. The predicted molar refractivity (Wildman–Crippen MR) is 64.0 cm³/mol. The van der Waals surface area contributed by atoms with Crippen LogP contribution in [0.15, 0.2) is 0 Å². The van der Waals surface area contributed by atoms with Gasteiger partial charge in [-0.3, -0.25) is 4.79 Å². The second-order valence-corrected chi connectivity index (χ2v) is 6.71. The number of sulfone groups is 1. The van der Waals surface area contributed by atoms with Crippen LogP contribution in [-0.4, -0.2) is 32.0 Å². The Labute approximate surface area is 98.3 Å². The minimum Gasteiger partial charge on any atom is -0.466 e. The van der Waals surface area contributed by atoms with Crippen molar-refractivity contribution >= 4 is 15.8 Å². The molecule has 0 aromatic rings. The number of rotatable bonds is 8. The van der Waals surface area contributed by atoms with E-state index in [0.717, 1.165) is 6.42 Å². The Kier molecular flexibility index (Phi) is 7.38. The molecule has 0 rings (SSSR count). The van der Waals surface area contributed by atoms with E-state index in [1.165, 1.54) is 0 Å². The fourth-order valence-electron chi connectivity index (χ4n) is 1.22. The molecule has 0 saturated carbocycles. The molecule has 0 radical (unpaired) electrons. The van der Waals surface area contributed by atoms with Crippen LogP contribution < -0.4 is 0 Å². The molecule has 0 spiro atoms. The summed E-state index contributed by atoms with van der Waals surface area (Å²) in [7, 11) is -2.93. The third-order valence-corrected chi connectivity index (χ3v) is 4.63. The predicted octanol–water partition coefficient (Wildman–Crippen LogP) is 1.93. The first kappa shape index (κ1) is 15.4. The summed E-state index contributed by atoms with van der Waals surface area (Å²) in [5, 5.41) is -0.308. The summed E-state index contributed by atoms with van der Waals surface area (Å²) in [4.78, 5) is 11.0. The van der Waals surface area contributed by atoms with Gasteiger partial charge in [-0.05, 0) is 33.6 Å². The number of carbonyl (C=O) groups excluding carboxylic acids is 1. The minimum atomic E-state index is -2.93. The average molecular weight is 250 g/mol. The van der Waals surface area contributed by atoms with Crippen molar-refractivity contribution in [1.29, 1.82) is 0 Å². The van der Waals surface area contributed by atoms with Crippen molar-refractivity contribution in [2.24, 2.45) is 0 Å². The van der Waals surface area contributed by atoms with Gasteiger partial charge >= 0.3 is 5.97 Å². The lowest BCUT2D eigenvalue weighted by atomic mass is 10.2. The third-order valence-electron chi connectivity index (χ3n) is 2.33. The van der Waals surface area contributed by atoms with Gasteiger partial charge in [0.1, 0.15) is 0 Å². The van der Waals surface area contributed by atoms with E-state index in [9.17, 15) is 13.2 Å². The molecule has 5 heteroatoms. The van der Waals surface area contributed by atoms with Crippen molar-refractivity contribution in [2.45, 2.75) is 51.7 Å². The molecule has 0 unspecified atom stereocenters. The molecular weight excluding hydrogens is 228 g/mol. The van der Waals surface area contributed by atoms with Gasteiger partial charge in [0.15, 0.2) is 9.84 Å². The first-order chi connectivity index (χ1) is 7.40. The summed E-state index contributed by atoms with van der Waals surface area (Å²) in [6, 6.07) is 0. The molecule has 0 N–H and O–H groups in total. The third kappa shape index (κ3) is 6.82. The van der Waals surface area contributed by atoms with Crippen LogP contribution >= 0.6 is 0 Å². The van der Waals surface area contributed by atoms with Crippen molar-refractivity contribution in [3.8, 4) is 0 Å². The summed E-state index contributed by atoms with van der Waals surface area (Å²) in [5.41, 5.74) is 0. The van der Waals surface area contributed by atoms with Crippen molar-refractivity contribution in [3.63, 3.8) is 0 Å². The monoisotopic (exact) mass is 250 g/mol. The maximum atomic E-state index is 11.4. The zero-order chi connectivity index (χ0) is 12.6.